The van der Waals surface area contributed by atoms with Gasteiger partial charge in [0.25, 0.3) is 5.91 Å². The number of hydrogen-bond acceptors (Lipinski definition) is 4. The van der Waals surface area contributed by atoms with Crippen LogP contribution < -0.4 is 10.7 Å². The molecule has 2 heterocycles. The molecule has 0 aliphatic carbocycles. The van der Waals surface area contributed by atoms with E-state index in [9.17, 15) is 23.1 Å². The van der Waals surface area contributed by atoms with Gasteiger partial charge in [-0.05, 0) is 70.0 Å². The predicted octanol–water partition coefficient (Wildman–Crippen LogP) is 7.07. The zero-order chi connectivity index (χ0) is 27.6. The molecule has 3 N–H and O–H groups in total. The summed E-state index contributed by atoms with van der Waals surface area (Å²) in [6.07, 6.45) is -2.88. The molecule has 10 heteroatoms. The zero-order valence-corrected chi connectivity index (χ0v) is 21.7. The number of nitrogens with one attached hydrogen (secondary N) is 2. The molecule has 0 aliphatic heterocycles. The Morgan fingerprint density at radius 1 is 1.00 bits per heavy atom. The number of anilines is 1. The summed E-state index contributed by atoms with van der Waals surface area (Å²) in [5.74, 6) is -0.775. The van der Waals surface area contributed by atoms with Crippen LogP contribution in [0.2, 0.25) is 0 Å². The molecule has 5 aromatic rings. The standard InChI is InChI=1S/C29H20BrF3N4O2/c30-23-16-35-25-14-19(13-24(37-27(23)25)21-9-2-4-11-26(21)38)34-15-17-6-5-7-18(12-17)36-28(39)20-8-1-3-10-22(20)29(31,32)33/h1-14,16,35,38H,15H2,(H,36,39). The van der Waals surface area contributed by atoms with Crippen molar-refractivity contribution in [3.63, 3.8) is 0 Å². The first-order chi connectivity index (χ1) is 18.7. The van der Waals surface area contributed by atoms with Gasteiger partial charge in [-0.15, -0.1) is 0 Å². The van der Waals surface area contributed by atoms with Gasteiger partial charge in [0.1, 0.15) is 11.3 Å². The number of alkyl halides is 3. The van der Waals surface area contributed by atoms with Gasteiger partial charge in [-0.2, -0.15) is 13.2 Å². The van der Waals surface area contributed by atoms with E-state index in [0.29, 0.717) is 27.8 Å². The number of aromatic nitrogens is 2. The molecule has 0 saturated heterocycles. The summed E-state index contributed by atoms with van der Waals surface area (Å²) >= 11 is 3.49. The van der Waals surface area contributed by atoms with Gasteiger partial charge in [-0.1, -0.05) is 36.4 Å². The lowest BCUT2D eigenvalue weighted by Crippen LogP contribution is -2.18. The first kappa shape index (κ1) is 26.2. The number of aromatic hydroxyl groups is 1. The van der Waals surface area contributed by atoms with Gasteiger partial charge in [0.15, 0.2) is 0 Å². The molecule has 0 aliphatic rings. The predicted molar refractivity (Wildman–Crippen MR) is 146 cm³/mol. The van der Waals surface area contributed by atoms with Gasteiger partial charge in [0.05, 0.1) is 38.7 Å². The van der Waals surface area contributed by atoms with Gasteiger partial charge in [-0.25, -0.2) is 4.98 Å². The van der Waals surface area contributed by atoms with E-state index in [0.717, 1.165) is 27.7 Å². The van der Waals surface area contributed by atoms with Crippen molar-refractivity contribution in [2.45, 2.75) is 12.7 Å². The third kappa shape index (κ3) is 5.85. The fraction of sp³-hybridized carbons (Fsp3) is 0.0690. The zero-order valence-electron chi connectivity index (χ0n) is 20.1. The average Bonchev–Trinajstić information content (AvgIpc) is 3.13. The lowest BCUT2D eigenvalue weighted by molar-refractivity contribution is -0.137. The van der Waals surface area contributed by atoms with Crippen LogP contribution in [0.15, 0.2) is 101 Å². The lowest BCUT2D eigenvalue weighted by atomic mass is 10.1. The molecule has 0 spiro atoms. The molecule has 3 aromatic carbocycles. The topological polar surface area (TPSA) is 90.4 Å². The SMILES string of the molecule is O=C(Nc1cccc(CN=c2cc(-c3ccccc3O)nc3c(Br)c[nH]c3c2)c1)c1ccccc1C(F)(F)F. The van der Waals surface area contributed by atoms with Crippen LogP contribution in [-0.4, -0.2) is 21.0 Å². The maximum Gasteiger partial charge on any atom is 0.417 e. The Morgan fingerprint density at radius 2 is 1.77 bits per heavy atom. The van der Waals surface area contributed by atoms with E-state index in [-0.39, 0.29) is 12.3 Å². The van der Waals surface area contributed by atoms with Crippen molar-refractivity contribution < 1.29 is 23.1 Å². The van der Waals surface area contributed by atoms with Crippen molar-refractivity contribution >= 4 is 38.6 Å². The first-order valence-corrected chi connectivity index (χ1v) is 12.5. The number of rotatable bonds is 5. The van der Waals surface area contributed by atoms with Crippen molar-refractivity contribution in [1.82, 2.24) is 9.97 Å². The highest BCUT2D eigenvalue weighted by atomic mass is 79.9. The van der Waals surface area contributed by atoms with Crippen LogP contribution in [0, 0.1) is 0 Å². The van der Waals surface area contributed by atoms with Crippen molar-refractivity contribution in [2.75, 3.05) is 5.32 Å². The Morgan fingerprint density at radius 3 is 2.56 bits per heavy atom. The molecule has 0 bridgehead atoms. The van der Waals surface area contributed by atoms with Gasteiger partial charge < -0.3 is 15.4 Å². The minimum absolute atomic E-state index is 0.0810. The van der Waals surface area contributed by atoms with Crippen LogP contribution >= 0.6 is 15.9 Å². The molecular weight excluding hydrogens is 573 g/mol. The molecule has 196 valence electrons. The van der Waals surface area contributed by atoms with E-state index in [1.807, 2.05) is 6.07 Å². The summed E-state index contributed by atoms with van der Waals surface area (Å²) < 4.78 is 40.8. The van der Waals surface area contributed by atoms with E-state index in [2.05, 4.69) is 26.2 Å². The Kier molecular flexibility index (Phi) is 7.21. The number of nitrogens with zero attached hydrogens (tertiary/aromatic N) is 2. The van der Waals surface area contributed by atoms with Gasteiger partial charge in [0.2, 0.25) is 0 Å². The number of hydrogen-bond donors (Lipinski definition) is 3. The molecule has 0 saturated carbocycles. The largest absolute Gasteiger partial charge is 0.507 e. The fourth-order valence-corrected chi connectivity index (χ4v) is 4.51. The Bertz CT molecular complexity index is 1770. The number of phenols is 1. The molecule has 6 nitrogen and oxygen atoms in total. The summed E-state index contributed by atoms with van der Waals surface area (Å²) in [5, 5.41) is 13.5. The Balaban J connectivity index is 1.46. The van der Waals surface area contributed by atoms with Crippen molar-refractivity contribution in [2.24, 2.45) is 4.99 Å². The van der Waals surface area contributed by atoms with E-state index in [1.54, 1.807) is 60.8 Å². The van der Waals surface area contributed by atoms with Crippen LogP contribution in [0.3, 0.4) is 0 Å². The highest BCUT2D eigenvalue weighted by Crippen LogP contribution is 2.32. The van der Waals surface area contributed by atoms with Crippen LogP contribution in [0.1, 0.15) is 21.5 Å². The molecule has 1 amide bonds. The fourth-order valence-electron chi connectivity index (χ4n) is 4.09. The summed E-state index contributed by atoms with van der Waals surface area (Å²) in [5.41, 5.74) is 2.07. The van der Waals surface area contributed by atoms with Crippen LogP contribution in [0.5, 0.6) is 5.75 Å². The van der Waals surface area contributed by atoms with Crippen molar-refractivity contribution in [1.29, 1.82) is 0 Å². The number of carbonyl (C=O) groups excluding carboxylic acids is 1. The summed E-state index contributed by atoms with van der Waals surface area (Å²) in [7, 11) is 0. The number of fused-ring (bicyclic) bond motifs is 1. The Hall–Kier alpha value is -4.44. The van der Waals surface area contributed by atoms with E-state index >= 15 is 0 Å². The van der Waals surface area contributed by atoms with E-state index < -0.39 is 23.2 Å². The monoisotopic (exact) mass is 592 g/mol. The van der Waals surface area contributed by atoms with Crippen LogP contribution in [-0.2, 0) is 12.7 Å². The molecule has 0 fully saturated rings. The number of H-pyrrole nitrogens is 1. The molecule has 0 atom stereocenters. The number of aromatic amines is 1. The maximum absolute atomic E-state index is 13.3. The number of halogens is 4. The third-order valence-electron chi connectivity index (χ3n) is 5.93. The van der Waals surface area contributed by atoms with Gasteiger partial charge in [0, 0.05) is 17.4 Å². The second-order valence-corrected chi connectivity index (χ2v) is 9.50. The van der Waals surface area contributed by atoms with E-state index in [1.165, 1.54) is 12.1 Å². The summed E-state index contributed by atoms with van der Waals surface area (Å²) in [6, 6.07) is 21.8. The summed E-state index contributed by atoms with van der Waals surface area (Å²) in [4.78, 5) is 25.2. The second kappa shape index (κ2) is 10.7. The number of phenolic OH excluding ortho intramolecular Hbond substituents is 1. The number of carbonyl (C=O) groups is 1. The molecular formula is C29H20BrF3N4O2. The highest BCUT2D eigenvalue weighted by Gasteiger charge is 2.34. The average molecular weight is 593 g/mol. The minimum atomic E-state index is -4.65. The highest BCUT2D eigenvalue weighted by molar-refractivity contribution is 9.10. The minimum Gasteiger partial charge on any atom is -0.507 e. The van der Waals surface area contributed by atoms with Gasteiger partial charge >= 0.3 is 6.18 Å². The molecule has 2 aromatic heterocycles. The number of amides is 1. The maximum atomic E-state index is 13.3. The molecule has 0 unspecified atom stereocenters. The molecule has 0 radical (unpaired) electrons. The first-order valence-electron chi connectivity index (χ1n) is 11.7. The molecule has 5 rings (SSSR count). The quantitative estimate of drug-likeness (QED) is 0.204. The smallest absolute Gasteiger partial charge is 0.417 e. The van der Waals surface area contributed by atoms with Crippen LogP contribution in [0.25, 0.3) is 22.3 Å². The van der Waals surface area contributed by atoms with Crippen molar-refractivity contribution in [3.8, 4) is 17.0 Å². The number of benzene rings is 3. The summed E-state index contributed by atoms with van der Waals surface area (Å²) in [6.45, 7) is 0.219. The van der Waals surface area contributed by atoms with Gasteiger partial charge in [-0.3, -0.25) is 9.79 Å². The number of para-hydroxylation sites is 1. The third-order valence-corrected chi connectivity index (χ3v) is 6.54. The lowest BCUT2D eigenvalue weighted by Gasteiger charge is -2.13. The normalized spacial score (nSPS) is 12.1. The van der Waals surface area contributed by atoms with Crippen molar-refractivity contribution in [3.05, 3.63) is 118 Å². The Labute approximate surface area is 229 Å². The second-order valence-electron chi connectivity index (χ2n) is 8.64. The van der Waals surface area contributed by atoms with Crippen LogP contribution in [0.4, 0.5) is 18.9 Å². The molecule has 39 heavy (non-hydrogen) atoms. The van der Waals surface area contributed by atoms with E-state index in [4.69, 9.17) is 9.98 Å².